The highest BCUT2D eigenvalue weighted by Crippen LogP contribution is 2.31. The van der Waals surface area contributed by atoms with Gasteiger partial charge < -0.3 is 5.32 Å². The van der Waals surface area contributed by atoms with Crippen LogP contribution in [0.5, 0.6) is 0 Å². The SMILES string of the molecule is O=C(Nc1ccccc1-c1ccc(F)c(F)c1)c1nccnc1C(F)(F)F. The molecule has 3 rings (SSSR count). The molecule has 0 fully saturated rings. The molecule has 1 aromatic heterocycles. The molecule has 0 bridgehead atoms. The number of amides is 1. The van der Waals surface area contributed by atoms with Crippen LogP contribution < -0.4 is 5.32 Å². The summed E-state index contributed by atoms with van der Waals surface area (Å²) < 4.78 is 65.7. The van der Waals surface area contributed by atoms with E-state index in [1.165, 1.54) is 24.3 Å². The summed E-state index contributed by atoms with van der Waals surface area (Å²) in [6.45, 7) is 0. The van der Waals surface area contributed by atoms with Gasteiger partial charge in [0.2, 0.25) is 0 Å². The maximum absolute atomic E-state index is 13.5. The highest BCUT2D eigenvalue weighted by Gasteiger charge is 2.38. The van der Waals surface area contributed by atoms with Crippen molar-refractivity contribution in [3.63, 3.8) is 0 Å². The fourth-order valence-corrected chi connectivity index (χ4v) is 2.40. The van der Waals surface area contributed by atoms with Crippen molar-refractivity contribution in [2.24, 2.45) is 0 Å². The number of alkyl halides is 3. The highest BCUT2D eigenvalue weighted by atomic mass is 19.4. The predicted molar refractivity (Wildman–Crippen MR) is 86.8 cm³/mol. The normalized spacial score (nSPS) is 11.3. The molecule has 0 saturated heterocycles. The van der Waals surface area contributed by atoms with Crippen LogP contribution in [0.15, 0.2) is 54.9 Å². The molecular formula is C18H10F5N3O. The number of halogens is 5. The Balaban J connectivity index is 1.98. The summed E-state index contributed by atoms with van der Waals surface area (Å²) in [5, 5.41) is 2.31. The van der Waals surface area contributed by atoms with Crippen LogP contribution in [-0.2, 0) is 6.18 Å². The number of nitrogens with one attached hydrogen (secondary N) is 1. The fraction of sp³-hybridized carbons (Fsp3) is 0.0556. The van der Waals surface area contributed by atoms with Gasteiger partial charge in [-0.2, -0.15) is 13.2 Å². The summed E-state index contributed by atoms with van der Waals surface area (Å²) in [4.78, 5) is 19.0. The number of carbonyl (C=O) groups excluding carboxylic acids is 1. The maximum Gasteiger partial charge on any atom is 0.435 e. The molecule has 138 valence electrons. The van der Waals surface area contributed by atoms with Crippen molar-refractivity contribution in [3.05, 3.63) is 77.9 Å². The van der Waals surface area contributed by atoms with Crippen LogP contribution in [0.3, 0.4) is 0 Å². The van der Waals surface area contributed by atoms with E-state index in [4.69, 9.17) is 0 Å². The second-order valence-electron chi connectivity index (χ2n) is 5.38. The van der Waals surface area contributed by atoms with E-state index in [1.807, 2.05) is 0 Å². The second-order valence-corrected chi connectivity index (χ2v) is 5.38. The van der Waals surface area contributed by atoms with E-state index < -0.39 is 35.1 Å². The van der Waals surface area contributed by atoms with Crippen LogP contribution in [0.4, 0.5) is 27.6 Å². The summed E-state index contributed by atoms with van der Waals surface area (Å²) >= 11 is 0. The van der Waals surface area contributed by atoms with Gasteiger partial charge in [0.05, 0.1) is 0 Å². The van der Waals surface area contributed by atoms with Crippen LogP contribution in [-0.4, -0.2) is 15.9 Å². The first-order valence-electron chi connectivity index (χ1n) is 7.51. The molecule has 0 unspecified atom stereocenters. The lowest BCUT2D eigenvalue weighted by atomic mass is 10.0. The fourth-order valence-electron chi connectivity index (χ4n) is 2.40. The smallest absolute Gasteiger partial charge is 0.320 e. The lowest BCUT2D eigenvalue weighted by Gasteiger charge is -2.13. The Kier molecular flexibility index (Phi) is 4.85. The van der Waals surface area contributed by atoms with E-state index in [1.54, 1.807) is 6.07 Å². The van der Waals surface area contributed by atoms with Gasteiger partial charge in [-0.3, -0.25) is 4.79 Å². The van der Waals surface area contributed by atoms with E-state index in [-0.39, 0.29) is 11.3 Å². The third-order valence-corrected chi connectivity index (χ3v) is 3.59. The molecule has 3 aromatic rings. The third kappa shape index (κ3) is 3.91. The Bertz CT molecular complexity index is 1000. The van der Waals surface area contributed by atoms with Crippen molar-refractivity contribution in [3.8, 4) is 11.1 Å². The molecule has 0 aliphatic carbocycles. The molecular weight excluding hydrogens is 369 g/mol. The number of aromatic nitrogens is 2. The molecule has 27 heavy (non-hydrogen) atoms. The predicted octanol–water partition coefficient (Wildman–Crippen LogP) is 4.69. The number of hydrogen-bond donors (Lipinski definition) is 1. The van der Waals surface area contributed by atoms with Gasteiger partial charge in [0.1, 0.15) is 0 Å². The standard InChI is InChI=1S/C18H10F5N3O/c19-12-6-5-10(9-13(12)20)11-3-1-2-4-14(11)26-17(27)15-16(18(21,22)23)25-8-7-24-15/h1-9H,(H,26,27). The van der Waals surface area contributed by atoms with E-state index in [2.05, 4.69) is 15.3 Å². The summed E-state index contributed by atoms with van der Waals surface area (Å²) in [6.07, 6.45) is -3.07. The largest absolute Gasteiger partial charge is 0.435 e. The Morgan fingerprint density at radius 3 is 2.33 bits per heavy atom. The van der Waals surface area contributed by atoms with E-state index >= 15 is 0 Å². The minimum absolute atomic E-state index is 0.104. The van der Waals surface area contributed by atoms with Crippen LogP contribution >= 0.6 is 0 Å². The molecule has 1 amide bonds. The lowest BCUT2D eigenvalue weighted by molar-refractivity contribution is -0.141. The average molecular weight is 379 g/mol. The molecule has 4 nitrogen and oxygen atoms in total. The number of rotatable bonds is 3. The maximum atomic E-state index is 13.5. The zero-order chi connectivity index (χ0) is 19.6. The van der Waals surface area contributed by atoms with E-state index in [0.717, 1.165) is 24.5 Å². The number of nitrogens with zero attached hydrogens (tertiary/aromatic N) is 2. The molecule has 0 atom stereocenters. The molecule has 0 spiro atoms. The second kappa shape index (κ2) is 7.10. The van der Waals surface area contributed by atoms with E-state index in [9.17, 15) is 26.7 Å². The van der Waals surface area contributed by atoms with Crippen molar-refractivity contribution in [2.75, 3.05) is 5.32 Å². The third-order valence-electron chi connectivity index (χ3n) is 3.59. The number of hydrogen-bond acceptors (Lipinski definition) is 3. The Hall–Kier alpha value is -3.36. The van der Waals surface area contributed by atoms with E-state index in [0.29, 0.717) is 5.56 Å². The van der Waals surface area contributed by atoms with Gasteiger partial charge >= 0.3 is 6.18 Å². The number of benzene rings is 2. The number of anilines is 1. The Morgan fingerprint density at radius 2 is 1.63 bits per heavy atom. The van der Waals surface area contributed by atoms with Crippen LogP contribution in [0.2, 0.25) is 0 Å². The molecule has 0 saturated carbocycles. The van der Waals surface area contributed by atoms with Crippen LogP contribution in [0, 0.1) is 11.6 Å². The Labute approximate surface area is 149 Å². The molecule has 0 aliphatic rings. The summed E-state index contributed by atoms with van der Waals surface area (Å²) in [5.74, 6) is -3.28. The van der Waals surface area contributed by atoms with Crippen molar-refractivity contribution in [1.29, 1.82) is 0 Å². The summed E-state index contributed by atoms with van der Waals surface area (Å²) in [5.41, 5.74) is -1.69. The molecule has 9 heteroatoms. The van der Waals surface area contributed by atoms with Gasteiger partial charge in [-0.1, -0.05) is 24.3 Å². The zero-order valence-electron chi connectivity index (χ0n) is 13.4. The zero-order valence-corrected chi connectivity index (χ0v) is 13.4. The van der Waals surface area contributed by atoms with Gasteiger partial charge in [-0.25, -0.2) is 18.7 Å². The first-order valence-corrected chi connectivity index (χ1v) is 7.51. The lowest BCUT2D eigenvalue weighted by Crippen LogP contribution is -2.22. The monoisotopic (exact) mass is 379 g/mol. The molecule has 2 aromatic carbocycles. The molecule has 0 aliphatic heterocycles. The first-order chi connectivity index (χ1) is 12.8. The van der Waals surface area contributed by atoms with Crippen molar-refractivity contribution < 1.29 is 26.7 Å². The Morgan fingerprint density at radius 1 is 0.926 bits per heavy atom. The van der Waals surface area contributed by atoms with Gasteiger partial charge in [-0.05, 0) is 23.8 Å². The average Bonchev–Trinajstić information content (AvgIpc) is 2.64. The topological polar surface area (TPSA) is 54.9 Å². The van der Waals surface area contributed by atoms with Crippen LogP contribution in [0.25, 0.3) is 11.1 Å². The van der Waals surface area contributed by atoms with Gasteiger partial charge in [0, 0.05) is 23.6 Å². The number of para-hydroxylation sites is 1. The van der Waals surface area contributed by atoms with Crippen LogP contribution in [0.1, 0.15) is 16.2 Å². The molecule has 0 radical (unpaired) electrons. The first kappa shape index (κ1) is 18.4. The molecule has 1 N–H and O–H groups in total. The highest BCUT2D eigenvalue weighted by molar-refractivity contribution is 6.05. The summed E-state index contributed by atoms with van der Waals surface area (Å²) in [6, 6.07) is 9.14. The van der Waals surface area contributed by atoms with Gasteiger partial charge in [-0.15, -0.1) is 0 Å². The quantitative estimate of drug-likeness (QED) is 0.672. The summed E-state index contributed by atoms with van der Waals surface area (Å²) in [7, 11) is 0. The number of carbonyl (C=O) groups is 1. The van der Waals surface area contributed by atoms with Gasteiger partial charge in [0.25, 0.3) is 5.91 Å². The van der Waals surface area contributed by atoms with Crippen molar-refractivity contribution in [2.45, 2.75) is 6.18 Å². The minimum atomic E-state index is -4.86. The minimum Gasteiger partial charge on any atom is -0.320 e. The van der Waals surface area contributed by atoms with Crippen molar-refractivity contribution in [1.82, 2.24) is 9.97 Å². The van der Waals surface area contributed by atoms with Crippen molar-refractivity contribution >= 4 is 11.6 Å². The molecule has 1 heterocycles. The van der Waals surface area contributed by atoms with Gasteiger partial charge in [0.15, 0.2) is 23.0 Å².